The van der Waals surface area contributed by atoms with E-state index in [1.54, 1.807) is 56.4 Å². The number of carbonyl (C=O) groups excluding carboxylic acids is 2. The Morgan fingerprint density at radius 1 is 1.17 bits per heavy atom. The Balaban J connectivity index is 2.43. The van der Waals surface area contributed by atoms with Crippen LogP contribution in [0.25, 0.3) is 5.69 Å². The molecule has 0 aliphatic rings. The van der Waals surface area contributed by atoms with Crippen LogP contribution in [0.4, 0.5) is 0 Å². The molecule has 0 unspecified atom stereocenters. The van der Waals surface area contributed by atoms with Crippen molar-refractivity contribution in [2.45, 2.75) is 6.92 Å². The predicted octanol–water partition coefficient (Wildman–Crippen LogP) is 0.980. The van der Waals surface area contributed by atoms with Crippen molar-refractivity contribution in [2.75, 3.05) is 14.1 Å². The topological polar surface area (TPSA) is 98.3 Å². The van der Waals surface area contributed by atoms with Crippen LogP contribution in [0.5, 0.6) is 0 Å². The van der Waals surface area contributed by atoms with E-state index in [1.165, 1.54) is 16.9 Å². The van der Waals surface area contributed by atoms with Crippen LogP contribution >= 0.6 is 0 Å². The van der Waals surface area contributed by atoms with Crippen LogP contribution in [-0.2, 0) is 0 Å². The predicted molar refractivity (Wildman–Crippen MR) is 90.1 cm³/mol. The molecule has 0 bridgehead atoms. The molecule has 24 heavy (non-hydrogen) atoms. The van der Waals surface area contributed by atoms with Crippen LogP contribution in [0.1, 0.15) is 27.8 Å². The van der Waals surface area contributed by atoms with Gasteiger partial charge in [0.05, 0.1) is 5.69 Å². The van der Waals surface area contributed by atoms with Gasteiger partial charge in [-0.25, -0.2) is 4.68 Å². The van der Waals surface area contributed by atoms with Crippen LogP contribution < -0.4 is 11.2 Å². The highest BCUT2D eigenvalue weighted by molar-refractivity contribution is 6.06. The number of primary amides is 1. The molecule has 1 heterocycles. The van der Waals surface area contributed by atoms with Crippen LogP contribution in [0, 0.1) is 0 Å². The van der Waals surface area contributed by atoms with Crippen LogP contribution in [0.15, 0.2) is 53.1 Å². The zero-order valence-electron chi connectivity index (χ0n) is 13.7. The number of hydrogen-bond acceptors (Lipinski definition) is 5. The summed E-state index contributed by atoms with van der Waals surface area (Å²) >= 11 is 0. The summed E-state index contributed by atoms with van der Waals surface area (Å²) in [7, 11) is 3.57. The molecular formula is C17H18N4O3. The molecular weight excluding hydrogens is 308 g/mol. The number of carbonyl (C=O) groups is 2. The third-order valence-electron chi connectivity index (χ3n) is 3.25. The maximum Gasteiger partial charge on any atom is 0.248 e. The Labute approximate surface area is 139 Å². The number of aromatic nitrogens is 2. The van der Waals surface area contributed by atoms with E-state index in [0.717, 1.165) is 0 Å². The molecule has 7 heteroatoms. The summed E-state index contributed by atoms with van der Waals surface area (Å²) in [6.45, 7) is 1.63. The van der Waals surface area contributed by atoms with Crippen molar-refractivity contribution in [3.8, 4) is 5.69 Å². The van der Waals surface area contributed by atoms with Crippen molar-refractivity contribution < 1.29 is 9.59 Å². The van der Waals surface area contributed by atoms with Crippen molar-refractivity contribution in [3.05, 3.63) is 69.8 Å². The van der Waals surface area contributed by atoms with E-state index < -0.39 is 17.1 Å². The number of hydrogen-bond donors (Lipinski definition) is 1. The molecule has 2 rings (SSSR count). The lowest BCUT2D eigenvalue weighted by Crippen LogP contribution is -2.22. The van der Waals surface area contributed by atoms with Crippen molar-refractivity contribution in [1.82, 2.24) is 14.7 Å². The molecule has 124 valence electrons. The number of amides is 1. The highest BCUT2D eigenvalue weighted by atomic mass is 16.1. The van der Waals surface area contributed by atoms with Gasteiger partial charge in [-0.15, -0.1) is 0 Å². The van der Waals surface area contributed by atoms with Crippen LogP contribution in [0.3, 0.4) is 0 Å². The SMILES string of the molecule is C/C(=C\N(C)C)C(=O)c1nn(-c2ccc(C(N)=O)cc2)ccc1=O. The fourth-order valence-corrected chi connectivity index (χ4v) is 2.12. The highest BCUT2D eigenvalue weighted by Gasteiger charge is 2.15. The van der Waals surface area contributed by atoms with Gasteiger partial charge in [-0.3, -0.25) is 14.4 Å². The third kappa shape index (κ3) is 3.75. The lowest BCUT2D eigenvalue weighted by Gasteiger charge is -2.09. The summed E-state index contributed by atoms with van der Waals surface area (Å²) < 4.78 is 1.41. The van der Waals surface area contributed by atoms with Gasteiger partial charge in [-0.05, 0) is 31.2 Å². The van der Waals surface area contributed by atoms with Crippen LogP contribution in [0.2, 0.25) is 0 Å². The van der Waals surface area contributed by atoms with Crippen molar-refractivity contribution >= 4 is 11.7 Å². The molecule has 2 N–H and O–H groups in total. The fraction of sp³-hybridized carbons (Fsp3) is 0.176. The Kier molecular flexibility index (Phi) is 4.93. The van der Waals surface area contributed by atoms with Gasteiger partial charge in [0.1, 0.15) is 0 Å². The van der Waals surface area contributed by atoms with Crippen molar-refractivity contribution in [3.63, 3.8) is 0 Å². The summed E-state index contributed by atoms with van der Waals surface area (Å²) in [5.41, 5.74) is 5.96. The van der Waals surface area contributed by atoms with E-state index in [-0.39, 0.29) is 5.69 Å². The number of Topliss-reactive ketones (excluding diaryl/α,β-unsaturated/α-hetero) is 1. The van der Waals surface area contributed by atoms with E-state index in [2.05, 4.69) is 5.10 Å². The molecule has 0 spiro atoms. The zero-order chi connectivity index (χ0) is 17.9. The molecule has 0 aliphatic carbocycles. The van der Waals surface area contributed by atoms with E-state index in [0.29, 0.717) is 16.8 Å². The van der Waals surface area contributed by atoms with Gasteiger partial charge in [0.25, 0.3) is 0 Å². The average Bonchev–Trinajstić information content (AvgIpc) is 2.54. The Bertz CT molecular complexity index is 864. The van der Waals surface area contributed by atoms with Crippen molar-refractivity contribution in [1.29, 1.82) is 0 Å². The molecule has 7 nitrogen and oxygen atoms in total. The Morgan fingerprint density at radius 3 is 2.33 bits per heavy atom. The first-order valence-corrected chi connectivity index (χ1v) is 7.19. The van der Waals surface area contributed by atoms with E-state index >= 15 is 0 Å². The third-order valence-corrected chi connectivity index (χ3v) is 3.25. The molecule has 1 amide bonds. The maximum absolute atomic E-state index is 12.4. The number of benzene rings is 1. The van der Waals surface area contributed by atoms with E-state index in [4.69, 9.17) is 5.73 Å². The summed E-state index contributed by atoms with van der Waals surface area (Å²) in [6, 6.07) is 7.65. The molecule has 1 aromatic carbocycles. The second-order valence-electron chi connectivity index (χ2n) is 5.49. The Hall–Kier alpha value is -3.22. The molecule has 0 radical (unpaired) electrons. The smallest absolute Gasteiger partial charge is 0.248 e. The molecule has 0 fully saturated rings. The van der Waals surface area contributed by atoms with Crippen molar-refractivity contribution in [2.24, 2.45) is 5.73 Å². The first-order valence-electron chi connectivity index (χ1n) is 7.19. The van der Waals surface area contributed by atoms with E-state index in [1.807, 2.05) is 0 Å². The standard InChI is InChI=1S/C17H18N4O3/c1-11(10-20(2)3)16(23)15-14(22)8-9-21(19-15)13-6-4-12(5-7-13)17(18)24/h4-10H,1-3H3,(H2,18,24)/b11-10+. The monoisotopic (exact) mass is 326 g/mol. The maximum atomic E-state index is 12.4. The minimum atomic E-state index is -0.533. The quantitative estimate of drug-likeness (QED) is 0.652. The number of rotatable bonds is 5. The van der Waals surface area contributed by atoms with Gasteiger partial charge in [0.15, 0.2) is 5.69 Å². The normalized spacial score (nSPS) is 11.2. The van der Waals surface area contributed by atoms with Gasteiger partial charge in [-0.2, -0.15) is 5.10 Å². The molecule has 0 saturated carbocycles. The summed E-state index contributed by atoms with van der Waals surface area (Å²) in [5.74, 6) is -0.966. The summed E-state index contributed by atoms with van der Waals surface area (Å²) in [4.78, 5) is 37.2. The summed E-state index contributed by atoms with van der Waals surface area (Å²) in [5, 5.41) is 4.12. The number of nitrogens with zero attached hydrogens (tertiary/aromatic N) is 3. The van der Waals surface area contributed by atoms with Gasteiger partial charge in [0, 0.05) is 43.7 Å². The molecule has 0 aliphatic heterocycles. The molecule has 1 aromatic heterocycles. The largest absolute Gasteiger partial charge is 0.383 e. The molecule has 0 saturated heterocycles. The lowest BCUT2D eigenvalue weighted by molar-refractivity contribution is 0.0998. The first kappa shape index (κ1) is 17.1. The molecule has 2 aromatic rings. The second-order valence-corrected chi connectivity index (χ2v) is 5.49. The fourth-order valence-electron chi connectivity index (χ4n) is 2.12. The molecule has 0 atom stereocenters. The minimum absolute atomic E-state index is 0.160. The lowest BCUT2D eigenvalue weighted by atomic mass is 10.1. The van der Waals surface area contributed by atoms with Gasteiger partial charge in [-0.1, -0.05) is 0 Å². The van der Waals surface area contributed by atoms with Crippen LogP contribution in [-0.4, -0.2) is 40.5 Å². The first-order chi connectivity index (χ1) is 11.3. The van der Waals surface area contributed by atoms with Gasteiger partial charge < -0.3 is 10.6 Å². The number of ketones is 1. The van der Waals surface area contributed by atoms with Gasteiger partial charge >= 0.3 is 0 Å². The summed E-state index contributed by atoms with van der Waals surface area (Å²) in [6.07, 6.45) is 3.09. The Morgan fingerprint density at radius 2 is 1.79 bits per heavy atom. The number of nitrogens with two attached hydrogens (primary N) is 1. The zero-order valence-corrected chi connectivity index (χ0v) is 13.7. The second kappa shape index (κ2) is 6.91. The number of allylic oxidation sites excluding steroid dienone is 1. The van der Waals surface area contributed by atoms with Gasteiger partial charge in [0.2, 0.25) is 17.1 Å². The minimum Gasteiger partial charge on any atom is -0.383 e. The van der Waals surface area contributed by atoms with E-state index in [9.17, 15) is 14.4 Å². The average molecular weight is 326 g/mol. The highest BCUT2D eigenvalue weighted by Crippen LogP contribution is 2.09.